The van der Waals surface area contributed by atoms with Gasteiger partial charge in [0.05, 0.1) is 5.41 Å². The molecular formula is C13H22F3NO2. The highest BCUT2D eigenvalue weighted by atomic mass is 19.4. The summed E-state index contributed by atoms with van der Waals surface area (Å²) in [6.45, 7) is 7.95. The van der Waals surface area contributed by atoms with Crippen molar-refractivity contribution in [2.24, 2.45) is 11.3 Å². The lowest BCUT2D eigenvalue weighted by molar-refractivity contribution is -0.233. The molecule has 0 saturated carbocycles. The van der Waals surface area contributed by atoms with Crippen molar-refractivity contribution in [3.05, 3.63) is 0 Å². The molecular weight excluding hydrogens is 259 g/mol. The molecule has 1 unspecified atom stereocenters. The van der Waals surface area contributed by atoms with Crippen LogP contribution in [0.2, 0.25) is 0 Å². The molecule has 1 heterocycles. The second-order valence-corrected chi connectivity index (χ2v) is 6.46. The van der Waals surface area contributed by atoms with Crippen LogP contribution >= 0.6 is 0 Å². The smallest absolute Gasteiger partial charge is 0.410 e. The molecule has 19 heavy (non-hydrogen) atoms. The number of likely N-dealkylation sites (tertiary alicyclic amines) is 1. The summed E-state index contributed by atoms with van der Waals surface area (Å²) >= 11 is 0. The van der Waals surface area contributed by atoms with E-state index in [4.69, 9.17) is 4.74 Å². The van der Waals surface area contributed by atoms with Gasteiger partial charge in [0, 0.05) is 13.1 Å². The molecule has 1 saturated heterocycles. The summed E-state index contributed by atoms with van der Waals surface area (Å²) in [5.74, 6) is -0.570. The van der Waals surface area contributed by atoms with Crippen LogP contribution in [0, 0.1) is 11.3 Å². The fourth-order valence-electron chi connectivity index (χ4n) is 2.35. The van der Waals surface area contributed by atoms with E-state index in [-0.39, 0.29) is 19.5 Å². The molecule has 0 aromatic rings. The molecule has 1 aliphatic heterocycles. The van der Waals surface area contributed by atoms with Gasteiger partial charge in [-0.3, -0.25) is 0 Å². The first kappa shape index (κ1) is 16.1. The molecule has 0 bridgehead atoms. The largest absolute Gasteiger partial charge is 0.444 e. The normalized spacial score (nSPS) is 25.0. The van der Waals surface area contributed by atoms with Crippen LogP contribution in [0.4, 0.5) is 18.0 Å². The highest BCUT2D eigenvalue weighted by Crippen LogP contribution is 2.50. The summed E-state index contributed by atoms with van der Waals surface area (Å²) in [7, 11) is 0. The summed E-state index contributed by atoms with van der Waals surface area (Å²) in [5, 5.41) is 0. The van der Waals surface area contributed by atoms with Crippen molar-refractivity contribution in [1.29, 1.82) is 0 Å². The molecule has 6 heteroatoms. The Morgan fingerprint density at radius 1 is 1.26 bits per heavy atom. The molecule has 3 nitrogen and oxygen atoms in total. The maximum atomic E-state index is 13.3. The fraction of sp³-hybridized carbons (Fsp3) is 0.923. The molecule has 0 radical (unpaired) electrons. The predicted molar refractivity (Wildman–Crippen MR) is 65.8 cm³/mol. The van der Waals surface area contributed by atoms with Crippen LogP contribution in [-0.2, 0) is 4.74 Å². The van der Waals surface area contributed by atoms with Crippen molar-refractivity contribution in [1.82, 2.24) is 4.90 Å². The Kier molecular flexibility index (Phi) is 4.13. The van der Waals surface area contributed by atoms with Gasteiger partial charge in [-0.05, 0) is 33.1 Å². The van der Waals surface area contributed by atoms with Crippen molar-refractivity contribution < 1.29 is 22.7 Å². The summed E-state index contributed by atoms with van der Waals surface area (Å²) in [6, 6.07) is 0. The topological polar surface area (TPSA) is 29.5 Å². The van der Waals surface area contributed by atoms with Crippen molar-refractivity contribution in [3.63, 3.8) is 0 Å². The van der Waals surface area contributed by atoms with Gasteiger partial charge in [0.1, 0.15) is 5.60 Å². The summed E-state index contributed by atoms with van der Waals surface area (Å²) in [5.41, 5.74) is -2.51. The van der Waals surface area contributed by atoms with Crippen molar-refractivity contribution >= 4 is 6.09 Å². The Morgan fingerprint density at radius 2 is 1.79 bits per heavy atom. The monoisotopic (exact) mass is 281 g/mol. The van der Waals surface area contributed by atoms with Gasteiger partial charge in [-0.25, -0.2) is 4.79 Å². The van der Waals surface area contributed by atoms with Gasteiger partial charge in [0.15, 0.2) is 0 Å². The number of rotatable bonds is 1. The lowest BCUT2D eigenvalue weighted by Gasteiger charge is -2.35. The van der Waals surface area contributed by atoms with E-state index in [1.54, 1.807) is 34.6 Å². The van der Waals surface area contributed by atoms with E-state index in [9.17, 15) is 18.0 Å². The molecule has 1 amide bonds. The van der Waals surface area contributed by atoms with Gasteiger partial charge in [-0.1, -0.05) is 13.8 Å². The molecule has 0 aliphatic carbocycles. The van der Waals surface area contributed by atoms with E-state index in [0.717, 1.165) is 0 Å². The maximum absolute atomic E-state index is 13.3. The van der Waals surface area contributed by atoms with Gasteiger partial charge in [-0.15, -0.1) is 0 Å². The molecule has 1 aliphatic rings. The van der Waals surface area contributed by atoms with E-state index >= 15 is 0 Å². The third kappa shape index (κ3) is 3.34. The average Bonchev–Trinajstić information content (AvgIpc) is 2.58. The highest BCUT2D eigenvalue weighted by molar-refractivity contribution is 5.68. The zero-order valence-electron chi connectivity index (χ0n) is 12.1. The number of nitrogens with zero attached hydrogens (tertiary/aromatic N) is 1. The van der Waals surface area contributed by atoms with Gasteiger partial charge in [-0.2, -0.15) is 13.2 Å². The number of hydrogen-bond acceptors (Lipinski definition) is 2. The summed E-state index contributed by atoms with van der Waals surface area (Å²) in [4.78, 5) is 13.0. The number of amides is 1. The first-order chi connectivity index (χ1) is 8.39. The van der Waals surface area contributed by atoms with E-state index in [2.05, 4.69) is 0 Å². The van der Waals surface area contributed by atoms with Gasteiger partial charge < -0.3 is 9.64 Å². The Balaban J connectivity index is 2.84. The summed E-state index contributed by atoms with van der Waals surface area (Å²) in [6.07, 6.45) is -5.04. The van der Waals surface area contributed by atoms with E-state index < -0.39 is 29.2 Å². The van der Waals surface area contributed by atoms with Gasteiger partial charge in [0.2, 0.25) is 0 Å². The minimum Gasteiger partial charge on any atom is -0.444 e. The lowest BCUT2D eigenvalue weighted by atomic mass is 9.76. The predicted octanol–water partition coefficient (Wildman–Crippen LogP) is 3.83. The average molecular weight is 281 g/mol. The summed E-state index contributed by atoms with van der Waals surface area (Å²) < 4.78 is 44.9. The van der Waals surface area contributed by atoms with Gasteiger partial charge >= 0.3 is 12.3 Å². The number of carbonyl (C=O) groups is 1. The van der Waals surface area contributed by atoms with Crippen LogP contribution in [0.5, 0.6) is 0 Å². The molecule has 0 spiro atoms. The molecule has 0 aromatic carbocycles. The molecule has 1 rings (SSSR count). The number of halogens is 3. The molecule has 0 N–H and O–H groups in total. The quantitative estimate of drug-likeness (QED) is 0.731. The second-order valence-electron chi connectivity index (χ2n) is 6.46. The van der Waals surface area contributed by atoms with Crippen LogP contribution in [0.3, 0.4) is 0 Å². The third-order valence-electron chi connectivity index (χ3n) is 3.62. The molecule has 1 atom stereocenters. The minimum absolute atomic E-state index is 0.0621. The van der Waals surface area contributed by atoms with Crippen molar-refractivity contribution in [2.45, 2.75) is 52.8 Å². The van der Waals surface area contributed by atoms with Crippen LogP contribution in [-0.4, -0.2) is 35.9 Å². The highest BCUT2D eigenvalue weighted by Gasteiger charge is 2.60. The van der Waals surface area contributed by atoms with Crippen molar-refractivity contribution in [2.75, 3.05) is 13.1 Å². The zero-order valence-corrected chi connectivity index (χ0v) is 12.1. The van der Waals surface area contributed by atoms with Gasteiger partial charge in [0.25, 0.3) is 0 Å². The number of carbonyl (C=O) groups excluding carboxylic acids is 1. The molecule has 1 fully saturated rings. The fourth-order valence-corrected chi connectivity index (χ4v) is 2.35. The SMILES string of the molecule is CC(C)C1(C(F)(F)F)CCN(C(=O)OC(C)(C)C)C1. The third-order valence-corrected chi connectivity index (χ3v) is 3.62. The first-order valence-electron chi connectivity index (χ1n) is 6.44. The Labute approximate surface area is 112 Å². The molecule has 0 aromatic heterocycles. The second kappa shape index (κ2) is 4.87. The Hall–Kier alpha value is -0.940. The van der Waals surface area contributed by atoms with E-state index in [1.165, 1.54) is 4.90 Å². The number of ether oxygens (including phenoxy) is 1. The Bertz CT molecular complexity index is 347. The van der Waals surface area contributed by atoms with Crippen LogP contribution < -0.4 is 0 Å². The van der Waals surface area contributed by atoms with E-state index in [1.807, 2.05) is 0 Å². The standard InChI is InChI=1S/C13H22F3NO2/c1-9(2)12(13(14,15)16)6-7-17(8-12)10(18)19-11(3,4)5/h9H,6-8H2,1-5H3. The van der Waals surface area contributed by atoms with Crippen LogP contribution in [0.15, 0.2) is 0 Å². The minimum atomic E-state index is -4.31. The van der Waals surface area contributed by atoms with Crippen LogP contribution in [0.25, 0.3) is 0 Å². The van der Waals surface area contributed by atoms with Crippen LogP contribution in [0.1, 0.15) is 41.0 Å². The zero-order chi connectivity index (χ0) is 15.1. The first-order valence-corrected chi connectivity index (χ1v) is 6.44. The maximum Gasteiger partial charge on any atom is 0.410 e. The Morgan fingerprint density at radius 3 is 2.11 bits per heavy atom. The number of alkyl halides is 3. The molecule has 112 valence electrons. The lowest BCUT2D eigenvalue weighted by Crippen LogP contribution is -2.46. The van der Waals surface area contributed by atoms with Crippen molar-refractivity contribution in [3.8, 4) is 0 Å². The van der Waals surface area contributed by atoms with E-state index in [0.29, 0.717) is 0 Å². The number of hydrogen-bond donors (Lipinski definition) is 0.